The van der Waals surface area contributed by atoms with E-state index in [-0.39, 0.29) is 0 Å². The molecule has 0 saturated heterocycles. The second kappa shape index (κ2) is 8.67. The third-order valence-electron chi connectivity index (χ3n) is 3.98. The Labute approximate surface area is 146 Å². The SMILES string of the molecule is CCCN(CCC)c1cc(C)nc(Nc2ccccc2C(C)C)n1. The van der Waals surface area contributed by atoms with Gasteiger partial charge in [0, 0.05) is 30.5 Å². The maximum atomic E-state index is 4.77. The molecule has 4 nitrogen and oxygen atoms in total. The van der Waals surface area contributed by atoms with Gasteiger partial charge in [-0.25, -0.2) is 4.98 Å². The maximum Gasteiger partial charge on any atom is 0.229 e. The summed E-state index contributed by atoms with van der Waals surface area (Å²) in [4.78, 5) is 11.7. The number of nitrogens with zero attached hydrogens (tertiary/aromatic N) is 3. The van der Waals surface area contributed by atoms with Gasteiger partial charge in [0.1, 0.15) is 5.82 Å². The van der Waals surface area contributed by atoms with Crippen LogP contribution < -0.4 is 10.2 Å². The number of aryl methyl sites for hydroxylation is 1. The first kappa shape index (κ1) is 18.2. The molecule has 1 aromatic heterocycles. The summed E-state index contributed by atoms with van der Waals surface area (Å²) in [6.07, 6.45) is 2.23. The lowest BCUT2D eigenvalue weighted by Crippen LogP contribution is -2.26. The van der Waals surface area contributed by atoms with Gasteiger partial charge in [-0.15, -0.1) is 0 Å². The van der Waals surface area contributed by atoms with Crippen LogP contribution in [-0.4, -0.2) is 23.1 Å². The van der Waals surface area contributed by atoms with Crippen molar-refractivity contribution < 1.29 is 0 Å². The van der Waals surface area contributed by atoms with Gasteiger partial charge in [-0.1, -0.05) is 45.9 Å². The number of para-hydroxylation sites is 1. The number of anilines is 3. The molecule has 4 heteroatoms. The third-order valence-corrected chi connectivity index (χ3v) is 3.98. The quantitative estimate of drug-likeness (QED) is 0.716. The lowest BCUT2D eigenvalue weighted by Gasteiger charge is -2.23. The van der Waals surface area contributed by atoms with E-state index in [1.807, 2.05) is 13.0 Å². The highest BCUT2D eigenvalue weighted by Crippen LogP contribution is 2.26. The maximum absolute atomic E-state index is 4.77. The number of nitrogens with one attached hydrogen (secondary N) is 1. The summed E-state index contributed by atoms with van der Waals surface area (Å²) in [7, 11) is 0. The standard InChI is InChI=1S/C20H30N4/c1-6-12-24(13-7-2)19-14-16(5)21-20(23-19)22-18-11-9-8-10-17(18)15(3)4/h8-11,14-15H,6-7,12-13H2,1-5H3,(H,21,22,23). The van der Waals surface area contributed by atoms with Crippen LogP contribution in [0.5, 0.6) is 0 Å². The topological polar surface area (TPSA) is 41.1 Å². The van der Waals surface area contributed by atoms with Crippen molar-refractivity contribution in [1.29, 1.82) is 0 Å². The largest absolute Gasteiger partial charge is 0.356 e. The summed E-state index contributed by atoms with van der Waals surface area (Å²) < 4.78 is 0. The van der Waals surface area contributed by atoms with E-state index in [4.69, 9.17) is 4.98 Å². The Morgan fingerprint density at radius 2 is 1.71 bits per heavy atom. The summed E-state index contributed by atoms with van der Waals surface area (Å²) in [6, 6.07) is 10.4. The summed E-state index contributed by atoms with van der Waals surface area (Å²) in [5.74, 6) is 2.14. The van der Waals surface area contributed by atoms with E-state index in [1.54, 1.807) is 0 Å². The predicted molar refractivity (Wildman–Crippen MR) is 103 cm³/mol. The van der Waals surface area contributed by atoms with E-state index in [9.17, 15) is 0 Å². The molecular formula is C20H30N4. The fourth-order valence-electron chi connectivity index (χ4n) is 2.89. The van der Waals surface area contributed by atoms with Crippen LogP contribution in [0.25, 0.3) is 0 Å². The summed E-state index contributed by atoms with van der Waals surface area (Å²) in [5, 5.41) is 3.43. The molecule has 0 aliphatic carbocycles. The predicted octanol–water partition coefficient (Wildman–Crippen LogP) is 5.28. The number of aromatic nitrogens is 2. The number of hydrogen-bond acceptors (Lipinski definition) is 4. The molecule has 2 rings (SSSR count). The molecule has 0 saturated carbocycles. The molecule has 0 spiro atoms. The Hall–Kier alpha value is -2.10. The molecule has 1 aromatic carbocycles. The molecule has 0 radical (unpaired) electrons. The van der Waals surface area contributed by atoms with Gasteiger partial charge in [-0.3, -0.25) is 0 Å². The van der Waals surface area contributed by atoms with Crippen molar-refractivity contribution in [2.24, 2.45) is 0 Å². The van der Waals surface area contributed by atoms with Crippen LogP contribution in [0.15, 0.2) is 30.3 Å². The Morgan fingerprint density at radius 3 is 2.33 bits per heavy atom. The highest BCUT2D eigenvalue weighted by Gasteiger charge is 2.11. The minimum Gasteiger partial charge on any atom is -0.356 e. The zero-order chi connectivity index (χ0) is 17.5. The van der Waals surface area contributed by atoms with Crippen LogP contribution in [0.1, 0.15) is 57.7 Å². The van der Waals surface area contributed by atoms with Crippen molar-refractivity contribution in [2.45, 2.75) is 53.4 Å². The van der Waals surface area contributed by atoms with Crippen LogP contribution in [0.4, 0.5) is 17.5 Å². The van der Waals surface area contributed by atoms with E-state index in [0.29, 0.717) is 11.9 Å². The fourth-order valence-corrected chi connectivity index (χ4v) is 2.89. The third kappa shape index (κ3) is 4.70. The molecular weight excluding hydrogens is 296 g/mol. The molecule has 2 aromatic rings. The summed E-state index contributed by atoms with van der Waals surface area (Å²) >= 11 is 0. The van der Waals surface area contributed by atoms with Crippen LogP contribution >= 0.6 is 0 Å². The van der Waals surface area contributed by atoms with Gasteiger partial charge in [0.25, 0.3) is 0 Å². The van der Waals surface area contributed by atoms with Gasteiger partial charge in [0.2, 0.25) is 5.95 Å². The number of rotatable bonds is 8. The molecule has 24 heavy (non-hydrogen) atoms. The zero-order valence-corrected chi connectivity index (χ0v) is 15.6. The second-order valence-electron chi connectivity index (χ2n) is 6.55. The molecule has 0 bridgehead atoms. The van der Waals surface area contributed by atoms with E-state index < -0.39 is 0 Å². The van der Waals surface area contributed by atoms with Gasteiger partial charge in [-0.05, 0) is 37.3 Å². The number of hydrogen-bond donors (Lipinski definition) is 1. The van der Waals surface area contributed by atoms with Crippen LogP contribution in [-0.2, 0) is 0 Å². The van der Waals surface area contributed by atoms with E-state index in [0.717, 1.165) is 43.1 Å². The van der Waals surface area contributed by atoms with Crippen LogP contribution in [0.2, 0.25) is 0 Å². The first-order chi connectivity index (χ1) is 11.5. The average molecular weight is 326 g/mol. The van der Waals surface area contributed by atoms with Crippen LogP contribution in [0, 0.1) is 6.92 Å². The van der Waals surface area contributed by atoms with Crippen molar-refractivity contribution in [2.75, 3.05) is 23.3 Å². The van der Waals surface area contributed by atoms with Crippen molar-refractivity contribution >= 4 is 17.5 Å². The average Bonchev–Trinajstić information content (AvgIpc) is 2.54. The molecule has 1 N–H and O–H groups in total. The molecule has 0 fully saturated rings. The minimum absolute atomic E-state index is 0.453. The van der Waals surface area contributed by atoms with Gasteiger partial charge in [-0.2, -0.15) is 4.98 Å². The molecule has 0 unspecified atom stereocenters. The summed E-state index contributed by atoms with van der Waals surface area (Å²) in [6.45, 7) is 12.9. The van der Waals surface area contributed by atoms with Gasteiger partial charge < -0.3 is 10.2 Å². The van der Waals surface area contributed by atoms with Crippen molar-refractivity contribution in [3.8, 4) is 0 Å². The highest BCUT2D eigenvalue weighted by molar-refractivity contribution is 5.60. The lowest BCUT2D eigenvalue weighted by atomic mass is 10.0. The van der Waals surface area contributed by atoms with Crippen molar-refractivity contribution in [3.05, 3.63) is 41.6 Å². The van der Waals surface area contributed by atoms with E-state index in [2.05, 4.69) is 67.2 Å². The second-order valence-corrected chi connectivity index (χ2v) is 6.55. The fraction of sp³-hybridized carbons (Fsp3) is 0.500. The molecule has 1 heterocycles. The molecule has 0 atom stereocenters. The Kier molecular flexibility index (Phi) is 6.59. The van der Waals surface area contributed by atoms with Crippen LogP contribution in [0.3, 0.4) is 0 Å². The Balaban J connectivity index is 2.32. The minimum atomic E-state index is 0.453. The van der Waals surface area contributed by atoms with E-state index >= 15 is 0 Å². The monoisotopic (exact) mass is 326 g/mol. The first-order valence-electron chi connectivity index (χ1n) is 9.01. The zero-order valence-electron chi connectivity index (χ0n) is 15.6. The summed E-state index contributed by atoms with van der Waals surface area (Å²) in [5.41, 5.74) is 3.35. The van der Waals surface area contributed by atoms with Crippen molar-refractivity contribution in [3.63, 3.8) is 0 Å². The molecule has 0 aliphatic heterocycles. The van der Waals surface area contributed by atoms with Gasteiger partial charge >= 0.3 is 0 Å². The Bertz CT molecular complexity index is 646. The van der Waals surface area contributed by atoms with E-state index in [1.165, 1.54) is 5.56 Å². The molecule has 130 valence electrons. The highest BCUT2D eigenvalue weighted by atomic mass is 15.2. The smallest absolute Gasteiger partial charge is 0.229 e. The normalized spacial score (nSPS) is 10.9. The molecule has 0 aliphatic rings. The lowest BCUT2D eigenvalue weighted by molar-refractivity contribution is 0.732. The van der Waals surface area contributed by atoms with Gasteiger partial charge in [0.05, 0.1) is 0 Å². The van der Waals surface area contributed by atoms with Gasteiger partial charge in [0.15, 0.2) is 0 Å². The Morgan fingerprint density at radius 1 is 1.04 bits per heavy atom. The number of benzene rings is 1. The molecule has 0 amide bonds. The first-order valence-corrected chi connectivity index (χ1v) is 9.01. The van der Waals surface area contributed by atoms with Crippen molar-refractivity contribution in [1.82, 2.24) is 9.97 Å².